The molecule has 0 radical (unpaired) electrons. The Hall–Kier alpha value is -3.20. The van der Waals surface area contributed by atoms with Gasteiger partial charge in [0.15, 0.2) is 11.5 Å². The van der Waals surface area contributed by atoms with Crippen LogP contribution in [0.25, 0.3) is 0 Å². The number of hydrogen-bond acceptors (Lipinski definition) is 6. The molecular weight excluding hydrogens is 454 g/mol. The average molecular weight is 492 g/mol. The average Bonchev–Trinajstić information content (AvgIpc) is 3.42. The molecule has 2 aromatic carbocycles. The van der Waals surface area contributed by atoms with Crippen LogP contribution in [0.5, 0.6) is 17.2 Å². The first-order valence-corrected chi connectivity index (χ1v) is 12.9. The van der Waals surface area contributed by atoms with Crippen LogP contribution in [0.4, 0.5) is 0 Å². The fraction of sp³-hybridized carbons (Fsp3) is 0.533. The molecule has 3 atom stereocenters. The summed E-state index contributed by atoms with van der Waals surface area (Å²) in [6, 6.07) is 14.7. The van der Waals surface area contributed by atoms with Crippen molar-refractivity contribution in [3.63, 3.8) is 0 Å². The Balaban J connectivity index is 1.66. The van der Waals surface area contributed by atoms with Crippen LogP contribution < -0.4 is 14.2 Å². The zero-order valence-corrected chi connectivity index (χ0v) is 21.8. The van der Waals surface area contributed by atoms with Gasteiger partial charge in [0.2, 0.25) is 0 Å². The highest BCUT2D eigenvalue weighted by Crippen LogP contribution is 2.48. The lowest BCUT2D eigenvalue weighted by Crippen LogP contribution is -2.40. The number of nitriles is 1. The molecule has 0 heterocycles. The van der Waals surface area contributed by atoms with E-state index in [1.54, 1.807) is 14.2 Å². The first kappa shape index (κ1) is 25.9. The van der Waals surface area contributed by atoms with Crippen molar-refractivity contribution in [3.8, 4) is 23.3 Å². The van der Waals surface area contributed by atoms with Gasteiger partial charge in [0.1, 0.15) is 5.75 Å². The van der Waals surface area contributed by atoms with Crippen LogP contribution in [0.15, 0.2) is 36.4 Å². The predicted molar refractivity (Wildman–Crippen MR) is 137 cm³/mol. The molecule has 3 unspecified atom stereocenters. The van der Waals surface area contributed by atoms with E-state index in [0.29, 0.717) is 37.2 Å². The van der Waals surface area contributed by atoms with Crippen molar-refractivity contribution >= 4 is 5.97 Å². The van der Waals surface area contributed by atoms with Gasteiger partial charge in [0.05, 0.1) is 44.8 Å². The Kier molecular flexibility index (Phi) is 8.08. The van der Waals surface area contributed by atoms with Gasteiger partial charge in [-0.05, 0) is 99.1 Å². The standard InChI is InChI=1S/C30H37NO5/c1-20-9-10-21(16-27(20)34-3)15-22-18-30(19-31,14-13-25(22)29(32)35-4)23-11-12-26(33-2)28(17-23)36-24-7-5-6-8-24/h9-12,16-17,22,24-25H,5-8,13-15,18H2,1-4H3. The summed E-state index contributed by atoms with van der Waals surface area (Å²) in [6.45, 7) is 2.01. The maximum Gasteiger partial charge on any atom is 0.308 e. The SMILES string of the molecule is COC(=O)C1CCC(C#N)(c2ccc(OC)c(OC3CCCC3)c2)CC1Cc1ccc(C)c(OC)c1. The van der Waals surface area contributed by atoms with Crippen LogP contribution in [-0.2, 0) is 21.4 Å². The zero-order chi connectivity index (χ0) is 25.7. The normalized spacial score (nSPS) is 24.1. The number of carbonyl (C=O) groups is 1. The lowest BCUT2D eigenvalue weighted by molar-refractivity contribution is -0.149. The summed E-state index contributed by atoms with van der Waals surface area (Å²) in [4.78, 5) is 12.7. The van der Waals surface area contributed by atoms with Gasteiger partial charge in [-0.15, -0.1) is 0 Å². The number of esters is 1. The fourth-order valence-electron chi connectivity index (χ4n) is 5.98. The number of ether oxygens (including phenoxy) is 4. The molecule has 2 aliphatic carbocycles. The topological polar surface area (TPSA) is 77.8 Å². The van der Waals surface area contributed by atoms with E-state index in [9.17, 15) is 10.1 Å². The van der Waals surface area contributed by atoms with Crippen molar-refractivity contribution in [2.45, 2.75) is 69.8 Å². The predicted octanol–water partition coefficient (Wildman–Crippen LogP) is 5.93. The Bertz CT molecular complexity index is 1120. The van der Waals surface area contributed by atoms with E-state index in [0.717, 1.165) is 35.3 Å². The fourth-order valence-corrected chi connectivity index (χ4v) is 5.98. The lowest BCUT2D eigenvalue weighted by atomic mass is 9.62. The molecule has 0 amide bonds. The number of nitrogens with zero attached hydrogens (tertiary/aromatic N) is 1. The largest absolute Gasteiger partial charge is 0.496 e. The first-order valence-electron chi connectivity index (χ1n) is 12.9. The quantitative estimate of drug-likeness (QED) is 0.426. The van der Waals surface area contributed by atoms with Crippen molar-refractivity contribution < 1.29 is 23.7 Å². The number of methoxy groups -OCH3 is 3. The molecule has 2 saturated carbocycles. The monoisotopic (exact) mass is 491 g/mol. The van der Waals surface area contributed by atoms with Crippen molar-refractivity contribution in [1.82, 2.24) is 0 Å². The highest BCUT2D eigenvalue weighted by atomic mass is 16.5. The Morgan fingerprint density at radius 2 is 1.75 bits per heavy atom. The summed E-state index contributed by atoms with van der Waals surface area (Å²) in [5.74, 6) is 1.71. The van der Waals surface area contributed by atoms with E-state index in [2.05, 4.69) is 12.1 Å². The molecule has 36 heavy (non-hydrogen) atoms. The summed E-state index contributed by atoms with van der Waals surface area (Å²) in [5, 5.41) is 10.5. The summed E-state index contributed by atoms with van der Waals surface area (Å²) in [5.41, 5.74) is 2.36. The molecule has 0 saturated heterocycles. The molecule has 6 nitrogen and oxygen atoms in total. The summed E-state index contributed by atoms with van der Waals surface area (Å²) in [7, 11) is 4.75. The minimum Gasteiger partial charge on any atom is -0.496 e. The molecular formula is C30H37NO5. The third kappa shape index (κ3) is 5.31. The maximum absolute atomic E-state index is 12.7. The van der Waals surface area contributed by atoms with Crippen molar-refractivity contribution in [2.75, 3.05) is 21.3 Å². The second-order valence-corrected chi connectivity index (χ2v) is 10.2. The number of hydrogen-bond donors (Lipinski definition) is 0. The summed E-state index contributed by atoms with van der Waals surface area (Å²) < 4.78 is 22.6. The van der Waals surface area contributed by atoms with Crippen molar-refractivity contribution in [3.05, 3.63) is 53.1 Å². The van der Waals surface area contributed by atoms with Gasteiger partial charge in [0.25, 0.3) is 0 Å². The van der Waals surface area contributed by atoms with Crippen LogP contribution in [0.2, 0.25) is 0 Å². The van der Waals surface area contributed by atoms with E-state index in [1.807, 2.05) is 37.3 Å². The Morgan fingerprint density at radius 3 is 2.42 bits per heavy atom. The molecule has 6 heteroatoms. The van der Waals surface area contributed by atoms with Crippen molar-refractivity contribution in [2.24, 2.45) is 11.8 Å². The Labute approximate surface area is 214 Å². The molecule has 2 aromatic rings. The van der Waals surface area contributed by atoms with Gasteiger partial charge < -0.3 is 18.9 Å². The van der Waals surface area contributed by atoms with Crippen LogP contribution in [0.1, 0.15) is 61.6 Å². The van der Waals surface area contributed by atoms with Crippen LogP contribution in [0, 0.1) is 30.1 Å². The molecule has 4 rings (SSSR count). The van der Waals surface area contributed by atoms with E-state index >= 15 is 0 Å². The third-order valence-corrected chi connectivity index (χ3v) is 8.06. The van der Waals surface area contributed by atoms with Gasteiger partial charge in [-0.1, -0.05) is 18.2 Å². The lowest BCUT2D eigenvalue weighted by Gasteiger charge is -2.40. The molecule has 0 bridgehead atoms. The van der Waals surface area contributed by atoms with Crippen LogP contribution >= 0.6 is 0 Å². The van der Waals surface area contributed by atoms with Gasteiger partial charge in [-0.3, -0.25) is 4.79 Å². The zero-order valence-electron chi connectivity index (χ0n) is 21.8. The van der Waals surface area contributed by atoms with Gasteiger partial charge in [0, 0.05) is 0 Å². The van der Waals surface area contributed by atoms with E-state index in [1.165, 1.54) is 20.0 Å². The molecule has 2 fully saturated rings. The summed E-state index contributed by atoms with van der Waals surface area (Å²) >= 11 is 0. The highest BCUT2D eigenvalue weighted by Gasteiger charge is 2.45. The van der Waals surface area contributed by atoms with Gasteiger partial charge in [-0.2, -0.15) is 5.26 Å². The number of benzene rings is 2. The number of aryl methyl sites for hydroxylation is 1. The molecule has 0 aliphatic heterocycles. The third-order valence-electron chi connectivity index (χ3n) is 8.06. The molecule has 0 spiro atoms. The maximum atomic E-state index is 12.7. The molecule has 0 aromatic heterocycles. The smallest absolute Gasteiger partial charge is 0.308 e. The second kappa shape index (κ2) is 11.2. The van der Waals surface area contributed by atoms with Crippen LogP contribution in [0.3, 0.4) is 0 Å². The number of carbonyl (C=O) groups excluding carboxylic acids is 1. The minimum atomic E-state index is -0.718. The first-order chi connectivity index (χ1) is 17.4. The van der Waals surface area contributed by atoms with E-state index in [4.69, 9.17) is 18.9 Å². The van der Waals surface area contributed by atoms with Crippen LogP contribution in [-0.4, -0.2) is 33.4 Å². The van der Waals surface area contributed by atoms with E-state index < -0.39 is 5.41 Å². The molecule has 192 valence electrons. The van der Waals surface area contributed by atoms with Gasteiger partial charge in [-0.25, -0.2) is 0 Å². The minimum absolute atomic E-state index is 0.0421. The second-order valence-electron chi connectivity index (χ2n) is 10.2. The highest BCUT2D eigenvalue weighted by molar-refractivity contribution is 5.73. The van der Waals surface area contributed by atoms with Gasteiger partial charge >= 0.3 is 5.97 Å². The molecule has 2 aliphatic rings. The number of rotatable bonds is 8. The van der Waals surface area contributed by atoms with E-state index in [-0.39, 0.29) is 23.9 Å². The van der Waals surface area contributed by atoms with Crippen molar-refractivity contribution in [1.29, 1.82) is 5.26 Å². The molecule has 0 N–H and O–H groups in total. The summed E-state index contributed by atoms with van der Waals surface area (Å²) in [6.07, 6.45) is 7.04. The Morgan fingerprint density at radius 1 is 1.00 bits per heavy atom.